The maximum absolute atomic E-state index is 9.58. The van der Waals surface area contributed by atoms with Crippen molar-refractivity contribution in [3.63, 3.8) is 0 Å². The number of fused-ring (bicyclic) bond motifs is 1. The van der Waals surface area contributed by atoms with Crippen LogP contribution in [0, 0.1) is 12.8 Å². The predicted octanol–water partition coefficient (Wildman–Crippen LogP) is 4.49. The molecular formula is C26H35NO2. The van der Waals surface area contributed by atoms with E-state index in [0.717, 1.165) is 38.7 Å². The molecule has 0 amide bonds. The van der Waals surface area contributed by atoms with Crippen molar-refractivity contribution in [2.45, 2.75) is 62.8 Å². The Morgan fingerprint density at radius 1 is 1.14 bits per heavy atom. The SMILES string of the molecule is COCC(c1ccc(C)cc1)C1CCc2cc([C@H]3CC[C@](N)(CO)C3)ccc2C1. The highest BCUT2D eigenvalue weighted by molar-refractivity contribution is 5.37. The molecule has 3 heteroatoms. The first-order valence-electron chi connectivity index (χ1n) is 11.1. The van der Waals surface area contributed by atoms with Gasteiger partial charge in [-0.2, -0.15) is 0 Å². The van der Waals surface area contributed by atoms with Gasteiger partial charge in [-0.1, -0.05) is 48.0 Å². The van der Waals surface area contributed by atoms with Crippen molar-refractivity contribution in [3.8, 4) is 0 Å². The fraction of sp³-hybridized carbons (Fsp3) is 0.538. The smallest absolute Gasteiger partial charge is 0.0611 e. The van der Waals surface area contributed by atoms with Gasteiger partial charge in [0.05, 0.1) is 13.2 Å². The van der Waals surface area contributed by atoms with Crippen LogP contribution >= 0.6 is 0 Å². The lowest BCUT2D eigenvalue weighted by molar-refractivity contribution is 0.150. The van der Waals surface area contributed by atoms with Gasteiger partial charge in [0, 0.05) is 18.6 Å². The first kappa shape index (κ1) is 20.6. The molecule has 0 spiro atoms. The highest BCUT2D eigenvalue weighted by atomic mass is 16.5. The van der Waals surface area contributed by atoms with Gasteiger partial charge in [0.15, 0.2) is 0 Å². The number of hydrogen-bond donors (Lipinski definition) is 2. The molecule has 0 saturated heterocycles. The van der Waals surface area contributed by atoms with Crippen LogP contribution < -0.4 is 5.73 Å². The molecular weight excluding hydrogens is 358 g/mol. The van der Waals surface area contributed by atoms with Crippen molar-refractivity contribution in [2.24, 2.45) is 11.7 Å². The number of aliphatic hydroxyl groups is 1. The minimum absolute atomic E-state index is 0.0933. The van der Waals surface area contributed by atoms with E-state index < -0.39 is 0 Å². The number of aliphatic hydroxyl groups excluding tert-OH is 1. The predicted molar refractivity (Wildman–Crippen MR) is 118 cm³/mol. The van der Waals surface area contributed by atoms with Gasteiger partial charge in [-0.25, -0.2) is 0 Å². The molecule has 3 N–H and O–H groups in total. The van der Waals surface area contributed by atoms with Crippen molar-refractivity contribution in [2.75, 3.05) is 20.3 Å². The first-order chi connectivity index (χ1) is 14.0. The normalized spacial score (nSPS) is 27.6. The Hall–Kier alpha value is -1.68. The molecule has 1 saturated carbocycles. The van der Waals surface area contributed by atoms with Crippen LogP contribution in [0.15, 0.2) is 42.5 Å². The van der Waals surface area contributed by atoms with Crippen LogP contribution in [0.4, 0.5) is 0 Å². The quantitative estimate of drug-likeness (QED) is 0.760. The third kappa shape index (κ3) is 4.42. The summed E-state index contributed by atoms with van der Waals surface area (Å²) in [6.45, 7) is 3.02. The third-order valence-corrected chi connectivity index (χ3v) is 7.35. The van der Waals surface area contributed by atoms with E-state index in [1.165, 1.54) is 34.2 Å². The molecule has 2 aliphatic rings. The second kappa shape index (κ2) is 8.59. The van der Waals surface area contributed by atoms with E-state index >= 15 is 0 Å². The average Bonchev–Trinajstić information content (AvgIpc) is 3.15. The number of aryl methyl sites for hydroxylation is 2. The van der Waals surface area contributed by atoms with Crippen LogP contribution in [0.2, 0.25) is 0 Å². The maximum atomic E-state index is 9.58. The fourth-order valence-electron chi connectivity index (χ4n) is 5.48. The van der Waals surface area contributed by atoms with E-state index in [1.807, 2.05) is 7.11 Å². The molecule has 0 heterocycles. The summed E-state index contributed by atoms with van der Waals surface area (Å²) < 4.78 is 5.61. The van der Waals surface area contributed by atoms with Crippen molar-refractivity contribution in [3.05, 3.63) is 70.3 Å². The summed E-state index contributed by atoms with van der Waals surface area (Å²) in [4.78, 5) is 0. The zero-order chi connectivity index (χ0) is 20.4. The molecule has 1 fully saturated rings. The van der Waals surface area contributed by atoms with Gasteiger partial charge >= 0.3 is 0 Å². The lowest BCUT2D eigenvalue weighted by atomic mass is 9.74. The van der Waals surface area contributed by atoms with Crippen molar-refractivity contribution in [1.82, 2.24) is 0 Å². The van der Waals surface area contributed by atoms with Crippen LogP contribution in [0.5, 0.6) is 0 Å². The summed E-state index contributed by atoms with van der Waals surface area (Å²) in [6.07, 6.45) is 6.37. The Balaban J connectivity index is 1.50. The molecule has 4 atom stereocenters. The van der Waals surface area contributed by atoms with Crippen molar-refractivity contribution >= 4 is 0 Å². The number of rotatable bonds is 6. The molecule has 2 aromatic carbocycles. The van der Waals surface area contributed by atoms with E-state index in [0.29, 0.717) is 17.8 Å². The minimum atomic E-state index is -0.382. The van der Waals surface area contributed by atoms with E-state index in [1.54, 1.807) is 0 Å². The van der Waals surface area contributed by atoms with Crippen LogP contribution in [0.25, 0.3) is 0 Å². The topological polar surface area (TPSA) is 55.5 Å². The van der Waals surface area contributed by atoms with Crippen LogP contribution in [0.3, 0.4) is 0 Å². The molecule has 0 aromatic heterocycles. The van der Waals surface area contributed by atoms with Crippen LogP contribution in [-0.4, -0.2) is 31.0 Å². The summed E-state index contributed by atoms with van der Waals surface area (Å²) in [5.74, 6) is 1.56. The minimum Gasteiger partial charge on any atom is -0.394 e. The molecule has 2 aliphatic carbocycles. The molecule has 156 valence electrons. The van der Waals surface area contributed by atoms with Gasteiger partial charge in [-0.15, -0.1) is 0 Å². The molecule has 3 nitrogen and oxygen atoms in total. The summed E-state index contributed by atoms with van der Waals surface area (Å²) >= 11 is 0. The van der Waals surface area contributed by atoms with Gasteiger partial charge in [0.2, 0.25) is 0 Å². The van der Waals surface area contributed by atoms with Gasteiger partial charge in [-0.3, -0.25) is 0 Å². The zero-order valence-electron chi connectivity index (χ0n) is 17.9. The molecule has 0 bridgehead atoms. The Kier molecular flexibility index (Phi) is 6.10. The molecule has 2 aromatic rings. The van der Waals surface area contributed by atoms with Gasteiger partial charge in [-0.05, 0) is 79.5 Å². The van der Waals surface area contributed by atoms with E-state index in [2.05, 4.69) is 49.4 Å². The Morgan fingerprint density at radius 3 is 2.62 bits per heavy atom. The van der Waals surface area contributed by atoms with Gasteiger partial charge < -0.3 is 15.6 Å². The van der Waals surface area contributed by atoms with E-state index in [4.69, 9.17) is 10.5 Å². The number of benzene rings is 2. The molecule has 0 radical (unpaired) electrons. The number of nitrogens with two attached hydrogens (primary N) is 1. The van der Waals surface area contributed by atoms with Crippen LogP contribution in [0.1, 0.15) is 65.3 Å². The largest absolute Gasteiger partial charge is 0.394 e. The summed E-state index contributed by atoms with van der Waals surface area (Å²) in [7, 11) is 1.82. The molecule has 4 rings (SSSR count). The van der Waals surface area contributed by atoms with E-state index in [9.17, 15) is 5.11 Å². The molecule has 0 aliphatic heterocycles. The number of hydrogen-bond acceptors (Lipinski definition) is 3. The second-order valence-corrected chi connectivity index (χ2v) is 9.46. The second-order valence-electron chi connectivity index (χ2n) is 9.46. The average molecular weight is 394 g/mol. The number of ether oxygens (including phenoxy) is 1. The highest BCUT2D eigenvalue weighted by Gasteiger charge is 2.36. The maximum Gasteiger partial charge on any atom is 0.0611 e. The molecule has 2 unspecified atom stereocenters. The standard InChI is InChI=1S/C26H35NO2/c1-18-3-5-19(6-4-18)25(16-29-2)23-10-9-20-13-22(8-7-21(20)14-23)24-11-12-26(27,15-24)17-28/h3-8,13,23-25,28H,9-12,14-17,27H2,1-2H3/t23?,24-,25?,26+/m0/s1. The van der Waals surface area contributed by atoms with E-state index in [-0.39, 0.29) is 12.1 Å². The van der Waals surface area contributed by atoms with Gasteiger partial charge in [0.1, 0.15) is 0 Å². The van der Waals surface area contributed by atoms with Crippen molar-refractivity contribution in [1.29, 1.82) is 0 Å². The first-order valence-corrected chi connectivity index (χ1v) is 11.1. The summed E-state index contributed by atoms with van der Waals surface area (Å²) in [6, 6.07) is 16.1. The van der Waals surface area contributed by atoms with Crippen molar-refractivity contribution < 1.29 is 9.84 Å². The highest BCUT2D eigenvalue weighted by Crippen LogP contribution is 2.42. The van der Waals surface area contributed by atoms with Gasteiger partial charge in [0.25, 0.3) is 0 Å². The summed E-state index contributed by atoms with van der Waals surface area (Å²) in [5.41, 5.74) is 13.1. The Morgan fingerprint density at radius 2 is 1.93 bits per heavy atom. The summed E-state index contributed by atoms with van der Waals surface area (Å²) in [5, 5.41) is 9.58. The fourth-order valence-corrected chi connectivity index (χ4v) is 5.48. The van der Waals surface area contributed by atoms with Crippen LogP contribution in [-0.2, 0) is 17.6 Å². The zero-order valence-corrected chi connectivity index (χ0v) is 17.9. The molecule has 29 heavy (non-hydrogen) atoms. The Bertz CT molecular complexity index is 831. The monoisotopic (exact) mass is 393 g/mol. The lowest BCUT2D eigenvalue weighted by Crippen LogP contribution is -2.40. The third-order valence-electron chi connectivity index (χ3n) is 7.35. The Labute approximate surface area is 175 Å². The lowest BCUT2D eigenvalue weighted by Gasteiger charge is -2.32. The number of methoxy groups -OCH3 is 1.